The highest BCUT2D eigenvalue weighted by Gasteiger charge is 2.45. The second-order valence-electron chi connectivity index (χ2n) is 5.90. The summed E-state index contributed by atoms with van der Waals surface area (Å²) in [5, 5.41) is 1.91. The Morgan fingerprint density at radius 1 is 1.04 bits per heavy atom. The summed E-state index contributed by atoms with van der Waals surface area (Å²) in [5.74, 6) is -2.02. The van der Waals surface area contributed by atoms with Gasteiger partial charge in [-0.15, -0.1) is 11.3 Å². The van der Waals surface area contributed by atoms with Crippen molar-refractivity contribution in [2.75, 3.05) is 26.2 Å². The smallest absolute Gasteiger partial charge is 0.334 e. The number of imide groups is 2. The predicted octanol–water partition coefficient (Wildman–Crippen LogP) is 1.09. The fraction of sp³-hybridized carbons (Fsp3) is 0.500. The van der Waals surface area contributed by atoms with E-state index in [-0.39, 0.29) is 19.0 Å². The Kier molecular flexibility index (Phi) is 4.94. The molecule has 0 aromatic carbocycles. The van der Waals surface area contributed by atoms with Crippen molar-refractivity contribution in [3.63, 3.8) is 0 Å². The number of likely N-dealkylation sites (tertiary alicyclic amines) is 1. The molecule has 8 heteroatoms. The number of amides is 5. The normalized spacial score (nSPS) is 18.7. The standard InChI is InChI=1S/C16H19N3O4S/c20-13(17-7-2-1-3-8-17)11-19-15(22)14(21)18(16(19)23)9-6-12-5-4-10-24-12/h4-5,10H,1-3,6-9,11H2. The van der Waals surface area contributed by atoms with Crippen LogP contribution in [0.3, 0.4) is 0 Å². The number of piperidine rings is 1. The van der Waals surface area contributed by atoms with Gasteiger partial charge >= 0.3 is 17.8 Å². The average Bonchev–Trinajstić information content (AvgIpc) is 3.18. The zero-order valence-corrected chi connectivity index (χ0v) is 14.1. The lowest BCUT2D eigenvalue weighted by atomic mass is 10.1. The zero-order valence-electron chi connectivity index (χ0n) is 13.3. The molecule has 24 heavy (non-hydrogen) atoms. The molecule has 1 aromatic rings. The Bertz CT molecular complexity index is 652. The first kappa shape index (κ1) is 16.6. The molecule has 0 spiro atoms. The minimum absolute atomic E-state index is 0.151. The van der Waals surface area contributed by atoms with Gasteiger partial charge in [-0.1, -0.05) is 6.07 Å². The van der Waals surface area contributed by atoms with Crippen LogP contribution < -0.4 is 0 Å². The maximum absolute atomic E-state index is 12.3. The summed E-state index contributed by atoms with van der Waals surface area (Å²) in [6.07, 6.45) is 3.45. The van der Waals surface area contributed by atoms with Gasteiger partial charge in [0.25, 0.3) is 0 Å². The van der Waals surface area contributed by atoms with E-state index in [1.54, 1.807) is 4.90 Å². The molecule has 0 atom stereocenters. The van der Waals surface area contributed by atoms with Gasteiger partial charge in [0.1, 0.15) is 6.54 Å². The lowest BCUT2D eigenvalue weighted by molar-refractivity contribution is -0.145. The average molecular weight is 349 g/mol. The van der Waals surface area contributed by atoms with Crippen LogP contribution in [0.2, 0.25) is 0 Å². The van der Waals surface area contributed by atoms with Gasteiger partial charge in [-0.25, -0.2) is 9.69 Å². The molecule has 0 aliphatic carbocycles. The minimum Gasteiger partial charge on any atom is -0.341 e. The van der Waals surface area contributed by atoms with Gasteiger partial charge in [0, 0.05) is 30.9 Å². The summed E-state index contributed by atoms with van der Waals surface area (Å²) < 4.78 is 0. The van der Waals surface area contributed by atoms with E-state index in [1.807, 2.05) is 17.5 Å². The Hall–Kier alpha value is -2.22. The number of nitrogens with zero attached hydrogens (tertiary/aromatic N) is 3. The van der Waals surface area contributed by atoms with Crippen LogP contribution in [0.5, 0.6) is 0 Å². The van der Waals surface area contributed by atoms with E-state index in [0.29, 0.717) is 19.5 Å². The van der Waals surface area contributed by atoms with Crippen molar-refractivity contribution >= 4 is 35.1 Å². The van der Waals surface area contributed by atoms with E-state index < -0.39 is 17.8 Å². The van der Waals surface area contributed by atoms with Crippen molar-refractivity contribution in [1.29, 1.82) is 0 Å². The molecule has 2 aliphatic heterocycles. The molecule has 7 nitrogen and oxygen atoms in total. The van der Waals surface area contributed by atoms with Crippen LogP contribution in [0, 0.1) is 0 Å². The highest BCUT2D eigenvalue weighted by Crippen LogP contribution is 2.16. The molecule has 0 bridgehead atoms. The van der Waals surface area contributed by atoms with Gasteiger partial charge in [-0.2, -0.15) is 0 Å². The zero-order chi connectivity index (χ0) is 17.1. The van der Waals surface area contributed by atoms with Gasteiger partial charge in [-0.05, 0) is 30.7 Å². The molecular weight excluding hydrogens is 330 g/mol. The van der Waals surface area contributed by atoms with Crippen molar-refractivity contribution in [2.24, 2.45) is 0 Å². The first-order valence-electron chi connectivity index (χ1n) is 8.05. The predicted molar refractivity (Wildman–Crippen MR) is 87.3 cm³/mol. The fourth-order valence-corrected chi connectivity index (χ4v) is 3.64. The van der Waals surface area contributed by atoms with Crippen molar-refractivity contribution in [3.05, 3.63) is 22.4 Å². The van der Waals surface area contributed by atoms with Gasteiger partial charge in [0.15, 0.2) is 0 Å². The van der Waals surface area contributed by atoms with E-state index >= 15 is 0 Å². The molecule has 0 saturated carbocycles. The summed E-state index contributed by atoms with van der Waals surface area (Å²) >= 11 is 1.53. The van der Waals surface area contributed by atoms with Gasteiger partial charge < -0.3 is 4.90 Å². The molecule has 2 aliphatic rings. The van der Waals surface area contributed by atoms with E-state index in [2.05, 4.69) is 0 Å². The fourth-order valence-electron chi connectivity index (χ4n) is 2.94. The SMILES string of the molecule is O=C(CN1C(=O)C(=O)N(CCc2cccs2)C1=O)N1CCCCC1. The molecule has 1 aromatic heterocycles. The lowest BCUT2D eigenvalue weighted by Crippen LogP contribution is -2.45. The van der Waals surface area contributed by atoms with Gasteiger partial charge in [0.05, 0.1) is 0 Å². The second-order valence-corrected chi connectivity index (χ2v) is 6.93. The maximum atomic E-state index is 12.3. The molecule has 0 unspecified atom stereocenters. The third kappa shape index (κ3) is 3.33. The summed E-state index contributed by atoms with van der Waals surface area (Å²) in [4.78, 5) is 53.1. The van der Waals surface area contributed by atoms with Crippen molar-refractivity contribution < 1.29 is 19.2 Å². The number of thiophene rings is 1. The number of hydrogen-bond donors (Lipinski definition) is 0. The number of hydrogen-bond acceptors (Lipinski definition) is 5. The first-order chi connectivity index (χ1) is 11.6. The summed E-state index contributed by atoms with van der Waals surface area (Å²) in [6, 6.07) is 3.12. The van der Waals surface area contributed by atoms with Crippen LogP contribution in [0.1, 0.15) is 24.1 Å². The lowest BCUT2D eigenvalue weighted by Gasteiger charge is -2.27. The molecular formula is C16H19N3O4S. The molecule has 2 saturated heterocycles. The Balaban J connectivity index is 1.61. The van der Waals surface area contributed by atoms with Crippen LogP contribution in [0.15, 0.2) is 17.5 Å². The Labute approximate surface area is 143 Å². The largest absolute Gasteiger partial charge is 0.341 e. The van der Waals surface area contributed by atoms with Gasteiger partial charge in [-0.3, -0.25) is 19.3 Å². The third-order valence-electron chi connectivity index (χ3n) is 4.30. The van der Waals surface area contributed by atoms with Crippen LogP contribution in [-0.4, -0.2) is 64.6 Å². The van der Waals surface area contributed by atoms with Crippen molar-refractivity contribution in [2.45, 2.75) is 25.7 Å². The quantitative estimate of drug-likeness (QED) is 0.589. The van der Waals surface area contributed by atoms with Crippen LogP contribution in [-0.2, 0) is 20.8 Å². The van der Waals surface area contributed by atoms with E-state index in [0.717, 1.165) is 33.9 Å². The molecule has 0 radical (unpaired) electrons. The van der Waals surface area contributed by atoms with Crippen molar-refractivity contribution in [3.8, 4) is 0 Å². The minimum atomic E-state index is -0.906. The van der Waals surface area contributed by atoms with Crippen LogP contribution in [0.4, 0.5) is 4.79 Å². The third-order valence-corrected chi connectivity index (χ3v) is 5.24. The highest BCUT2D eigenvalue weighted by atomic mass is 32.1. The molecule has 3 heterocycles. The Morgan fingerprint density at radius 2 is 1.75 bits per heavy atom. The molecule has 5 amide bonds. The summed E-state index contributed by atoms with van der Waals surface area (Å²) in [7, 11) is 0. The van der Waals surface area contributed by atoms with Gasteiger partial charge in [0.2, 0.25) is 5.91 Å². The van der Waals surface area contributed by atoms with Crippen LogP contribution >= 0.6 is 11.3 Å². The molecule has 0 N–H and O–H groups in total. The number of carbonyl (C=O) groups is 4. The summed E-state index contributed by atoms with van der Waals surface area (Å²) in [5.41, 5.74) is 0. The number of rotatable bonds is 5. The number of urea groups is 1. The Morgan fingerprint density at radius 3 is 2.42 bits per heavy atom. The highest BCUT2D eigenvalue weighted by molar-refractivity contribution is 7.09. The molecule has 3 rings (SSSR count). The van der Waals surface area contributed by atoms with E-state index in [1.165, 1.54) is 11.3 Å². The van der Waals surface area contributed by atoms with Crippen molar-refractivity contribution in [1.82, 2.24) is 14.7 Å². The molecule has 2 fully saturated rings. The number of carbonyl (C=O) groups excluding carboxylic acids is 4. The molecule has 128 valence electrons. The topological polar surface area (TPSA) is 78.0 Å². The maximum Gasteiger partial charge on any atom is 0.334 e. The second kappa shape index (κ2) is 7.12. The monoisotopic (exact) mass is 349 g/mol. The van der Waals surface area contributed by atoms with E-state index in [9.17, 15) is 19.2 Å². The van der Waals surface area contributed by atoms with E-state index in [4.69, 9.17) is 0 Å². The van der Waals surface area contributed by atoms with Crippen LogP contribution in [0.25, 0.3) is 0 Å². The summed E-state index contributed by atoms with van der Waals surface area (Å²) in [6.45, 7) is 1.09. The first-order valence-corrected chi connectivity index (χ1v) is 8.93.